The summed E-state index contributed by atoms with van der Waals surface area (Å²) in [6.45, 7) is 2.57. The minimum absolute atomic E-state index is 0.0879. The van der Waals surface area contributed by atoms with Crippen molar-refractivity contribution >= 4 is 23.2 Å². The van der Waals surface area contributed by atoms with Gasteiger partial charge in [0.2, 0.25) is 5.91 Å². The molecule has 3 N–H and O–H groups in total. The molecule has 1 fully saturated rings. The van der Waals surface area contributed by atoms with Crippen LogP contribution in [-0.4, -0.2) is 44.1 Å². The van der Waals surface area contributed by atoms with Gasteiger partial charge in [0.1, 0.15) is 5.75 Å². The molecule has 0 unspecified atom stereocenters. The molecule has 1 aliphatic rings. The van der Waals surface area contributed by atoms with Crippen LogP contribution in [0, 0.1) is 5.92 Å². The fourth-order valence-electron chi connectivity index (χ4n) is 3.58. The molecule has 1 saturated heterocycles. The zero-order valence-electron chi connectivity index (χ0n) is 14.8. The molecule has 138 valence electrons. The SMILES string of the molecule is COc1ccc(Cl)cc1NC(=O)CN1C[C@@H](CN)[C@H](c2ccccc2)C1. The van der Waals surface area contributed by atoms with E-state index >= 15 is 0 Å². The number of hydrogen-bond donors (Lipinski definition) is 2. The molecule has 0 radical (unpaired) electrons. The molecule has 5 nitrogen and oxygen atoms in total. The summed E-state index contributed by atoms with van der Waals surface area (Å²) in [7, 11) is 1.57. The summed E-state index contributed by atoms with van der Waals surface area (Å²) in [4.78, 5) is 14.7. The fraction of sp³-hybridized carbons (Fsp3) is 0.350. The summed E-state index contributed by atoms with van der Waals surface area (Å²) in [5, 5.41) is 3.45. The van der Waals surface area contributed by atoms with Crippen molar-refractivity contribution in [2.75, 3.05) is 38.6 Å². The Balaban J connectivity index is 1.64. The first kappa shape index (κ1) is 18.7. The highest BCUT2D eigenvalue weighted by atomic mass is 35.5. The molecule has 26 heavy (non-hydrogen) atoms. The van der Waals surface area contributed by atoms with Crippen molar-refractivity contribution in [3.63, 3.8) is 0 Å². The third-order valence-electron chi connectivity index (χ3n) is 4.85. The van der Waals surface area contributed by atoms with Gasteiger partial charge in [-0.3, -0.25) is 9.69 Å². The summed E-state index contributed by atoms with van der Waals surface area (Å²) in [5.74, 6) is 1.21. The first-order valence-corrected chi connectivity index (χ1v) is 9.09. The molecule has 0 aromatic heterocycles. The number of halogens is 1. The number of carbonyl (C=O) groups excluding carboxylic acids is 1. The van der Waals surface area contributed by atoms with Gasteiger partial charge in [-0.25, -0.2) is 0 Å². The van der Waals surface area contributed by atoms with Crippen LogP contribution in [0.15, 0.2) is 48.5 Å². The maximum absolute atomic E-state index is 12.5. The number of amides is 1. The van der Waals surface area contributed by atoms with Crippen molar-refractivity contribution < 1.29 is 9.53 Å². The number of hydrogen-bond acceptors (Lipinski definition) is 4. The van der Waals surface area contributed by atoms with E-state index in [0.29, 0.717) is 41.4 Å². The van der Waals surface area contributed by atoms with Crippen LogP contribution < -0.4 is 15.8 Å². The quantitative estimate of drug-likeness (QED) is 0.816. The van der Waals surface area contributed by atoms with Crippen molar-refractivity contribution in [1.82, 2.24) is 4.90 Å². The van der Waals surface area contributed by atoms with Gasteiger partial charge in [-0.05, 0) is 36.2 Å². The van der Waals surface area contributed by atoms with E-state index in [1.807, 2.05) is 18.2 Å². The third kappa shape index (κ3) is 4.36. The maximum atomic E-state index is 12.5. The van der Waals surface area contributed by atoms with Crippen molar-refractivity contribution in [2.45, 2.75) is 5.92 Å². The van der Waals surface area contributed by atoms with E-state index in [-0.39, 0.29) is 5.91 Å². The van der Waals surface area contributed by atoms with Crippen LogP contribution in [0.1, 0.15) is 11.5 Å². The Morgan fingerprint density at radius 1 is 1.27 bits per heavy atom. The molecule has 0 spiro atoms. The van der Waals surface area contributed by atoms with E-state index < -0.39 is 0 Å². The Morgan fingerprint density at radius 3 is 2.73 bits per heavy atom. The highest BCUT2D eigenvalue weighted by Crippen LogP contribution is 2.32. The average Bonchev–Trinajstić information content (AvgIpc) is 3.05. The lowest BCUT2D eigenvalue weighted by Gasteiger charge is -2.17. The Kier molecular flexibility index (Phi) is 6.14. The van der Waals surface area contributed by atoms with E-state index in [1.54, 1.807) is 25.3 Å². The summed E-state index contributed by atoms with van der Waals surface area (Å²) in [5.41, 5.74) is 7.84. The molecule has 2 aromatic rings. The molecular formula is C20H24ClN3O2. The number of nitrogens with one attached hydrogen (secondary N) is 1. The number of methoxy groups -OCH3 is 1. The molecule has 1 aliphatic heterocycles. The predicted octanol–water partition coefficient (Wildman–Crippen LogP) is 2.96. The second-order valence-corrected chi connectivity index (χ2v) is 7.04. The first-order valence-electron chi connectivity index (χ1n) is 8.71. The second-order valence-electron chi connectivity index (χ2n) is 6.60. The summed E-state index contributed by atoms with van der Waals surface area (Å²) < 4.78 is 5.28. The number of rotatable bonds is 6. The number of benzene rings is 2. The lowest BCUT2D eigenvalue weighted by molar-refractivity contribution is -0.117. The van der Waals surface area contributed by atoms with Crippen molar-refractivity contribution in [3.05, 3.63) is 59.1 Å². The zero-order chi connectivity index (χ0) is 18.5. The van der Waals surface area contributed by atoms with Gasteiger partial charge in [-0.2, -0.15) is 0 Å². The minimum Gasteiger partial charge on any atom is -0.495 e. The number of carbonyl (C=O) groups is 1. The summed E-state index contributed by atoms with van der Waals surface area (Å²) in [6, 6.07) is 15.5. The summed E-state index contributed by atoms with van der Waals surface area (Å²) >= 11 is 6.02. The Morgan fingerprint density at radius 2 is 2.04 bits per heavy atom. The number of ether oxygens (including phenoxy) is 1. The molecule has 1 heterocycles. The molecule has 1 amide bonds. The van der Waals surface area contributed by atoms with Gasteiger partial charge in [-0.15, -0.1) is 0 Å². The maximum Gasteiger partial charge on any atom is 0.238 e. The van der Waals surface area contributed by atoms with E-state index in [4.69, 9.17) is 22.1 Å². The zero-order valence-corrected chi connectivity index (χ0v) is 15.6. The first-order chi connectivity index (χ1) is 12.6. The molecule has 2 atom stereocenters. The lowest BCUT2D eigenvalue weighted by atomic mass is 9.89. The van der Waals surface area contributed by atoms with Gasteiger partial charge < -0.3 is 15.8 Å². The molecule has 6 heteroatoms. The van der Waals surface area contributed by atoms with Crippen LogP contribution in [0.3, 0.4) is 0 Å². The number of nitrogens with two attached hydrogens (primary N) is 1. The Bertz CT molecular complexity index is 754. The van der Waals surface area contributed by atoms with E-state index in [2.05, 4.69) is 22.3 Å². The van der Waals surface area contributed by atoms with Gasteiger partial charge in [0.05, 0.1) is 19.3 Å². The number of anilines is 1. The number of likely N-dealkylation sites (tertiary alicyclic amines) is 1. The van der Waals surface area contributed by atoms with Gasteiger partial charge in [-0.1, -0.05) is 41.9 Å². The highest BCUT2D eigenvalue weighted by molar-refractivity contribution is 6.31. The molecule has 0 aliphatic carbocycles. The Labute approximate surface area is 159 Å². The normalized spacial score (nSPS) is 20.1. The van der Waals surface area contributed by atoms with Gasteiger partial charge in [0.25, 0.3) is 0 Å². The van der Waals surface area contributed by atoms with Crippen molar-refractivity contribution in [1.29, 1.82) is 0 Å². The van der Waals surface area contributed by atoms with E-state index in [1.165, 1.54) is 5.56 Å². The van der Waals surface area contributed by atoms with Crippen LogP contribution >= 0.6 is 11.6 Å². The van der Waals surface area contributed by atoms with Gasteiger partial charge >= 0.3 is 0 Å². The smallest absolute Gasteiger partial charge is 0.238 e. The van der Waals surface area contributed by atoms with E-state index in [9.17, 15) is 4.79 Å². The van der Waals surface area contributed by atoms with Crippen molar-refractivity contribution in [3.8, 4) is 5.75 Å². The fourth-order valence-corrected chi connectivity index (χ4v) is 3.75. The monoisotopic (exact) mass is 373 g/mol. The van der Waals surface area contributed by atoms with E-state index in [0.717, 1.165) is 13.1 Å². The molecule has 0 saturated carbocycles. The van der Waals surface area contributed by atoms with Crippen LogP contribution in [0.2, 0.25) is 5.02 Å². The summed E-state index contributed by atoms with van der Waals surface area (Å²) in [6.07, 6.45) is 0. The van der Waals surface area contributed by atoms with Crippen LogP contribution in [0.25, 0.3) is 0 Å². The van der Waals surface area contributed by atoms with Crippen LogP contribution in [0.5, 0.6) is 5.75 Å². The Hall–Kier alpha value is -2.08. The highest BCUT2D eigenvalue weighted by Gasteiger charge is 2.33. The topological polar surface area (TPSA) is 67.6 Å². The third-order valence-corrected chi connectivity index (χ3v) is 5.09. The van der Waals surface area contributed by atoms with Crippen LogP contribution in [-0.2, 0) is 4.79 Å². The van der Waals surface area contributed by atoms with Gasteiger partial charge in [0, 0.05) is 24.0 Å². The largest absolute Gasteiger partial charge is 0.495 e. The van der Waals surface area contributed by atoms with Crippen molar-refractivity contribution in [2.24, 2.45) is 11.7 Å². The lowest BCUT2D eigenvalue weighted by Crippen LogP contribution is -2.32. The molecule has 0 bridgehead atoms. The standard InChI is InChI=1S/C20H24ClN3O2/c1-26-19-8-7-16(21)9-18(19)23-20(25)13-24-11-15(10-22)17(12-24)14-5-3-2-4-6-14/h2-9,15,17H,10-13,22H2,1H3,(H,23,25)/t15-,17+/m1/s1. The predicted molar refractivity (Wildman–Crippen MR) is 105 cm³/mol. The van der Waals surface area contributed by atoms with Gasteiger partial charge in [0.15, 0.2) is 0 Å². The molecule has 3 rings (SSSR count). The second kappa shape index (κ2) is 8.54. The minimum atomic E-state index is -0.0879. The average molecular weight is 374 g/mol. The number of nitrogens with zero attached hydrogens (tertiary/aromatic N) is 1. The molecule has 2 aromatic carbocycles. The molecular weight excluding hydrogens is 350 g/mol. The van der Waals surface area contributed by atoms with Crippen LogP contribution in [0.4, 0.5) is 5.69 Å².